The minimum atomic E-state index is -0.762. The number of aryl methyl sites for hydroxylation is 1. The van der Waals surface area contributed by atoms with Gasteiger partial charge in [0.2, 0.25) is 0 Å². The Morgan fingerprint density at radius 2 is 1.88 bits per heavy atom. The predicted octanol–water partition coefficient (Wildman–Crippen LogP) is 2.76. The first-order chi connectivity index (χ1) is 7.86. The van der Waals surface area contributed by atoms with Crippen molar-refractivity contribution in [2.24, 2.45) is 5.41 Å². The maximum atomic E-state index is 10.9. The molecule has 1 aromatic carbocycles. The van der Waals surface area contributed by atoms with Gasteiger partial charge in [-0.3, -0.25) is 4.79 Å². The summed E-state index contributed by atoms with van der Waals surface area (Å²) in [5.41, 5.74) is 2.01. The van der Waals surface area contributed by atoms with Crippen molar-refractivity contribution < 1.29 is 9.90 Å². The molecule has 0 bridgehead atoms. The average molecular weight is 235 g/mol. The molecule has 0 aliphatic rings. The van der Waals surface area contributed by atoms with Crippen LogP contribution >= 0.6 is 0 Å². The number of carboxylic acids is 1. The fourth-order valence-corrected chi connectivity index (χ4v) is 2.26. The second-order valence-corrected chi connectivity index (χ2v) is 5.19. The van der Waals surface area contributed by atoms with E-state index in [1.807, 2.05) is 27.8 Å². The minimum Gasteiger partial charge on any atom is -0.481 e. The number of hydrogen-bond donors (Lipinski definition) is 2. The van der Waals surface area contributed by atoms with E-state index in [-0.39, 0.29) is 17.9 Å². The van der Waals surface area contributed by atoms with E-state index in [4.69, 9.17) is 5.11 Å². The Balaban J connectivity index is 2.98. The third kappa shape index (κ3) is 3.56. The lowest BCUT2D eigenvalue weighted by atomic mass is 9.78. The van der Waals surface area contributed by atoms with Crippen molar-refractivity contribution in [2.75, 3.05) is 7.05 Å². The van der Waals surface area contributed by atoms with Crippen LogP contribution in [0.2, 0.25) is 0 Å². The van der Waals surface area contributed by atoms with Crippen LogP contribution in [0.3, 0.4) is 0 Å². The summed E-state index contributed by atoms with van der Waals surface area (Å²) in [7, 11) is 1.87. The fraction of sp³-hybridized carbons (Fsp3) is 0.500. The molecule has 1 unspecified atom stereocenters. The Kier molecular flexibility index (Phi) is 4.29. The van der Waals surface area contributed by atoms with Crippen LogP contribution in [0.1, 0.15) is 37.4 Å². The highest BCUT2D eigenvalue weighted by atomic mass is 16.4. The number of nitrogens with one attached hydrogen (secondary N) is 1. The van der Waals surface area contributed by atoms with E-state index in [0.29, 0.717) is 0 Å². The lowest BCUT2D eigenvalue weighted by Gasteiger charge is -2.33. The van der Waals surface area contributed by atoms with Gasteiger partial charge in [0.25, 0.3) is 0 Å². The molecule has 0 fully saturated rings. The molecule has 0 spiro atoms. The molecule has 0 saturated carbocycles. The number of carbonyl (C=O) groups is 1. The number of carboxylic acid groups (broad SMARTS) is 1. The molecule has 1 rings (SSSR count). The first kappa shape index (κ1) is 13.7. The Morgan fingerprint density at radius 3 is 2.29 bits per heavy atom. The lowest BCUT2D eigenvalue weighted by molar-refractivity contribution is -0.139. The molecule has 1 atom stereocenters. The number of hydrogen-bond acceptors (Lipinski definition) is 2. The molecule has 0 aliphatic carbocycles. The van der Waals surface area contributed by atoms with E-state index in [0.717, 1.165) is 5.56 Å². The summed E-state index contributed by atoms with van der Waals surface area (Å²) >= 11 is 0. The summed E-state index contributed by atoms with van der Waals surface area (Å²) in [5, 5.41) is 12.2. The fourth-order valence-electron chi connectivity index (χ4n) is 2.26. The second-order valence-electron chi connectivity index (χ2n) is 5.19. The molecule has 17 heavy (non-hydrogen) atoms. The normalized spacial score (nSPS) is 13.4. The van der Waals surface area contributed by atoms with Crippen molar-refractivity contribution in [1.29, 1.82) is 0 Å². The van der Waals surface area contributed by atoms with Crippen molar-refractivity contribution in [3.63, 3.8) is 0 Å². The molecule has 0 heterocycles. The van der Waals surface area contributed by atoms with Crippen LogP contribution < -0.4 is 5.32 Å². The minimum absolute atomic E-state index is 0.0409. The van der Waals surface area contributed by atoms with Crippen LogP contribution in [-0.4, -0.2) is 18.1 Å². The molecule has 1 aromatic rings. The van der Waals surface area contributed by atoms with Gasteiger partial charge in [0, 0.05) is 6.04 Å². The van der Waals surface area contributed by atoms with Gasteiger partial charge in [-0.1, -0.05) is 43.7 Å². The SMILES string of the molecule is CNC(c1ccc(C)cc1)C(C)(C)CC(=O)O. The predicted molar refractivity (Wildman–Crippen MR) is 69.0 cm³/mol. The maximum absolute atomic E-state index is 10.9. The second kappa shape index (κ2) is 5.32. The third-order valence-electron chi connectivity index (χ3n) is 3.09. The average Bonchev–Trinajstić information content (AvgIpc) is 2.19. The van der Waals surface area contributed by atoms with Crippen LogP contribution in [0.25, 0.3) is 0 Å². The molecule has 0 radical (unpaired) electrons. The van der Waals surface area contributed by atoms with Crippen LogP contribution in [0, 0.1) is 12.3 Å². The molecule has 94 valence electrons. The molecule has 2 N–H and O–H groups in total. The van der Waals surface area contributed by atoms with Gasteiger partial charge in [0.15, 0.2) is 0 Å². The quantitative estimate of drug-likeness (QED) is 0.825. The van der Waals surface area contributed by atoms with Crippen LogP contribution in [-0.2, 0) is 4.79 Å². The van der Waals surface area contributed by atoms with Gasteiger partial charge in [0.05, 0.1) is 6.42 Å². The highest BCUT2D eigenvalue weighted by molar-refractivity contribution is 5.67. The van der Waals surface area contributed by atoms with E-state index in [2.05, 4.69) is 29.6 Å². The van der Waals surface area contributed by atoms with E-state index >= 15 is 0 Å². The van der Waals surface area contributed by atoms with Gasteiger partial charge in [-0.2, -0.15) is 0 Å². The third-order valence-corrected chi connectivity index (χ3v) is 3.09. The van der Waals surface area contributed by atoms with Crippen LogP contribution in [0.5, 0.6) is 0 Å². The number of aliphatic carboxylic acids is 1. The highest BCUT2D eigenvalue weighted by Crippen LogP contribution is 2.36. The van der Waals surface area contributed by atoms with Crippen molar-refractivity contribution in [2.45, 2.75) is 33.2 Å². The van der Waals surface area contributed by atoms with Gasteiger partial charge >= 0.3 is 5.97 Å². The van der Waals surface area contributed by atoms with Gasteiger partial charge in [-0.15, -0.1) is 0 Å². The Morgan fingerprint density at radius 1 is 1.35 bits per heavy atom. The zero-order valence-electron chi connectivity index (χ0n) is 10.9. The molecule has 0 aromatic heterocycles. The Labute approximate surface area is 103 Å². The summed E-state index contributed by atoms with van der Waals surface area (Å²) in [6.45, 7) is 5.99. The Bertz CT molecular complexity index is 382. The summed E-state index contributed by atoms with van der Waals surface area (Å²) < 4.78 is 0. The Hall–Kier alpha value is -1.35. The van der Waals surface area contributed by atoms with Crippen molar-refractivity contribution in [3.8, 4) is 0 Å². The molecule has 3 nitrogen and oxygen atoms in total. The van der Waals surface area contributed by atoms with Gasteiger partial charge in [-0.05, 0) is 24.9 Å². The van der Waals surface area contributed by atoms with E-state index in [1.165, 1.54) is 5.56 Å². The van der Waals surface area contributed by atoms with Crippen molar-refractivity contribution in [3.05, 3.63) is 35.4 Å². The summed E-state index contributed by atoms with van der Waals surface area (Å²) in [5.74, 6) is -0.762. The largest absolute Gasteiger partial charge is 0.481 e. The molecule has 0 saturated heterocycles. The lowest BCUT2D eigenvalue weighted by Crippen LogP contribution is -2.33. The number of rotatable bonds is 5. The molecular weight excluding hydrogens is 214 g/mol. The monoisotopic (exact) mass is 235 g/mol. The first-order valence-electron chi connectivity index (χ1n) is 5.82. The zero-order valence-corrected chi connectivity index (χ0v) is 10.9. The van der Waals surface area contributed by atoms with Gasteiger partial charge < -0.3 is 10.4 Å². The summed E-state index contributed by atoms with van der Waals surface area (Å²) in [6.07, 6.45) is 0.145. The van der Waals surface area contributed by atoms with E-state index in [9.17, 15) is 4.79 Å². The molecule has 0 amide bonds. The standard InChI is InChI=1S/C14H21NO2/c1-10-5-7-11(8-6-10)13(15-4)14(2,3)9-12(16)17/h5-8,13,15H,9H2,1-4H3,(H,16,17). The zero-order chi connectivity index (χ0) is 13.1. The van der Waals surface area contributed by atoms with Gasteiger partial charge in [-0.25, -0.2) is 0 Å². The van der Waals surface area contributed by atoms with Crippen LogP contribution in [0.4, 0.5) is 0 Å². The van der Waals surface area contributed by atoms with E-state index in [1.54, 1.807) is 0 Å². The first-order valence-corrected chi connectivity index (χ1v) is 5.82. The van der Waals surface area contributed by atoms with Crippen molar-refractivity contribution in [1.82, 2.24) is 5.32 Å². The summed E-state index contributed by atoms with van der Waals surface area (Å²) in [4.78, 5) is 10.9. The smallest absolute Gasteiger partial charge is 0.303 e. The van der Waals surface area contributed by atoms with E-state index < -0.39 is 5.97 Å². The molecule has 0 aliphatic heterocycles. The molecular formula is C14H21NO2. The molecule has 3 heteroatoms. The van der Waals surface area contributed by atoms with Gasteiger partial charge in [0.1, 0.15) is 0 Å². The van der Waals surface area contributed by atoms with Crippen molar-refractivity contribution >= 4 is 5.97 Å². The van der Waals surface area contributed by atoms with Crippen LogP contribution in [0.15, 0.2) is 24.3 Å². The maximum Gasteiger partial charge on any atom is 0.303 e. The topological polar surface area (TPSA) is 49.3 Å². The highest BCUT2D eigenvalue weighted by Gasteiger charge is 2.31. The summed E-state index contributed by atoms with van der Waals surface area (Å²) in [6, 6.07) is 8.26. The number of benzene rings is 1.